The molecule has 1 unspecified atom stereocenters. The van der Waals surface area contributed by atoms with Gasteiger partial charge in [0.15, 0.2) is 0 Å². The van der Waals surface area contributed by atoms with Crippen LogP contribution in [-0.4, -0.2) is 48.2 Å². The van der Waals surface area contributed by atoms with Gasteiger partial charge in [-0.25, -0.2) is 0 Å². The predicted octanol–water partition coefficient (Wildman–Crippen LogP) is 1.71. The summed E-state index contributed by atoms with van der Waals surface area (Å²) in [6.45, 7) is 6.71. The zero-order valence-electron chi connectivity index (χ0n) is 11.0. The molecule has 100 valence electrons. The summed E-state index contributed by atoms with van der Waals surface area (Å²) in [7, 11) is 0. The first kappa shape index (κ1) is 14.5. The normalized spacial score (nSPS) is 19.1. The van der Waals surface area contributed by atoms with Gasteiger partial charge in [-0.1, -0.05) is 6.42 Å². The summed E-state index contributed by atoms with van der Waals surface area (Å²) in [6.07, 6.45) is 6.08. The Kier molecular flexibility index (Phi) is 7.21. The molecular formula is C13H26N2O2. The van der Waals surface area contributed by atoms with Crippen molar-refractivity contribution in [3.8, 4) is 0 Å². The second kappa shape index (κ2) is 8.48. The van der Waals surface area contributed by atoms with E-state index in [1.165, 1.54) is 32.4 Å². The van der Waals surface area contributed by atoms with Crippen molar-refractivity contribution >= 4 is 5.97 Å². The molecule has 0 saturated carbocycles. The molecule has 4 nitrogen and oxygen atoms in total. The van der Waals surface area contributed by atoms with Gasteiger partial charge in [0.25, 0.3) is 0 Å². The first-order chi connectivity index (χ1) is 8.20. The summed E-state index contributed by atoms with van der Waals surface area (Å²) in [5.74, 6) is -0.688. The van der Waals surface area contributed by atoms with Crippen LogP contribution >= 0.6 is 0 Å². The first-order valence-corrected chi connectivity index (χ1v) is 6.86. The van der Waals surface area contributed by atoms with E-state index in [-0.39, 0.29) is 0 Å². The SMILES string of the molecule is CC(CNCCCCC(=O)O)N1CCCCC1. The van der Waals surface area contributed by atoms with Crippen molar-refractivity contribution in [3.05, 3.63) is 0 Å². The molecule has 0 bridgehead atoms. The van der Waals surface area contributed by atoms with Crippen molar-refractivity contribution in [2.75, 3.05) is 26.2 Å². The number of nitrogens with one attached hydrogen (secondary N) is 1. The van der Waals surface area contributed by atoms with E-state index in [1.54, 1.807) is 0 Å². The highest BCUT2D eigenvalue weighted by atomic mass is 16.4. The number of unbranched alkanes of at least 4 members (excludes halogenated alkanes) is 1. The molecule has 0 aromatic carbocycles. The summed E-state index contributed by atoms with van der Waals surface area (Å²) in [5, 5.41) is 11.9. The van der Waals surface area contributed by atoms with E-state index in [2.05, 4.69) is 17.1 Å². The molecule has 0 aromatic rings. The zero-order chi connectivity index (χ0) is 12.5. The van der Waals surface area contributed by atoms with E-state index >= 15 is 0 Å². The van der Waals surface area contributed by atoms with Gasteiger partial charge in [-0.3, -0.25) is 9.69 Å². The molecule has 4 heteroatoms. The largest absolute Gasteiger partial charge is 0.481 e. The van der Waals surface area contributed by atoms with Crippen molar-refractivity contribution < 1.29 is 9.90 Å². The maximum atomic E-state index is 10.3. The Hall–Kier alpha value is -0.610. The van der Waals surface area contributed by atoms with E-state index in [0.717, 1.165) is 25.9 Å². The fraction of sp³-hybridized carbons (Fsp3) is 0.923. The fourth-order valence-electron chi connectivity index (χ4n) is 2.33. The number of carboxylic acids is 1. The van der Waals surface area contributed by atoms with Crippen molar-refractivity contribution in [3.63, 3.8) is 0 Å². The Morgan fingerprint density at radius 2 is 2.00 bits per heavy atom. The molecule has 0 radical (unpaired) electrons. The topological polar surface area (TPSA) is 52.6 Å². The third-order valence-corrected chi connectivity index (χ3v) is 3.45. The molecule has 1 aliphatic heterocycles. The quantitative estimate of drug-likeness (QED) is 0.636. The van der Waals surface area contributed by atoms with Crippen LogP contribution in [-0.2, 0) is 4.79 Å². The second-order valence-corrected chi connectivity index (χ2v) is 5.00. The highest BCUT2D eigenvalue weighted by Crippen LogP contribution is 2.11. The number of carboxylic acid groups (broad SMARTS) is 1. The Labute approximate surface area is 104 Å². The molecule has 1 heterocycles. The van der Waals surface area contributed by atoms with E-state index < -0.39 is 5.97 Å². The molecule has 1 rings (SSSR count). The molecule has 0 spiro atoms. The van der Waals surface area contributed by atoms with Crippen LogP contribution in [0, 0.1) is 0 Å². The summed E-state index contributed by atoms with van der Waals surface area (Å²) >= 11 is 0. The molecule has 17 heavy (non-hydrogen) atoms. The number of hydrogen-bond acceptors (Lipinski definition) is 3. The van der Waals surface area contributed by atoms with Gasteiger partial charge in [-0.2, -0.15) is 0 Å². The van der Waals surface area contributed by atoms with Crippen LogP contribution < -0.4 is 5.32 Å². The van der Waals surface area contributed by atoms with Crippen molar-refractivity contribution in [2.45, 2.75) is 51.5 Å². The molecule has 1 aliphatic rings. The van der Waals surface area contributed by atoms with Crippen molar-refractivity contribution in [2.24, 2.45) is 0 Å². The number of piperidine rings is 1. The van der Waals surface area contributed by atoms with Gasteiger partial charge >= 0.3 is 5.97 Å². The third kappa shape index (κ3) is 6.64. The maximum absolute atomic E-state index is 10.3. The lowest BCUT2D eigenvalue weighted by atomic mass is 10.1. The molecule has 1 fully saturated rings. The standard InChI is InChI=1S/C13H26N2O2/c1-12(15-9-5-2-6-10-15)11-14-8-4-3-7-13(16)17/h12,14H,2-11H2,1H3,(H,16,17). The van der Waals surface area contributed by atoms with Gasteiger partial charge in [0.1, 0.15) is 0 Å². The Morgan fingerprint density at radius 1 is 1.29 bits per heavy atom. The van der Waals surface area contributed by atoms with Gasteiger partial charge in [0.2, 0.25) is 0 Å². The molecule has 0 amide bonds. The Balaban J connectivity index is 1.96. The van der Waals surface area contributed by atoms with Crippen LogP contribution in [0.15, 0.2) is 0 Å². The molecule has 1 atom stereocenters. The lowest BCUT2D eigenvalue weighted by Crippen LogP contribution is -2.43. The Morgan fingerprint density at radius 3 is 2.65 bits per heavy atom. The maximum Gasteiger partial charge on any atom is 0.303 e. The average Bonchev–Trinajstić information content (AvgIpc) is 2.34. The number of carbonyl (C=O) groups is 1. The molecular weight excluding hydrogens is 216 g/mol. The highest BCUT2D eigenvalue weighted by molar-refractivity contribution is 5.66. The minimum absolute atomic E-state index is 0.295. The zero-order valence-corrected chi connectivity index (χ0v) is 11.0. The average molecular weight is 242 g/mol. The van der Waals surface area contributed by atoms with Gasteiger partial charge in [0.05, 0.1) is 0 Å². The molecule has 2 N–H and O–H groups in total. The predicted molar refractivity (Wildman–Crippen MR) is 69.2 cm³/mol. The van der Waals surface area contributed by atoms with Crippen LogP contribution in [0.2, 0.25) is 0 Å². The highest BCUT2D eigenvalue weighted by Gasteiger charge is 2.15. The summed E-state index contributed by atoms with van der Waals surface area (Å²) in [5.41, 5.74) is 0. The van der Waals surface area contributed by atoms with Crippen LogP contribution in [0.4, 0.5) is 0 Å². The summed E-state index contributed by atoms with van der Waals surface area (Å²) < 4.78 is 0. The number of rotatable bonds is 8. The first-order valence-electron chi connectivity index (χ1n) is 6.86. The number of nitrogens with zero attached hydrogens (tertiary/aromatic N) is 1. The molecule has 0 aromatic heterocycles. The van der Waals surface area contributed by atoms with Gasteiger partial charge < -0.3 is 10.4 Å². The van der Waals surface area contributed by atoms with Crippen LogP contribution in [0.1, 0.15) is 45.4 Å². The number of likely N-dealkylation sites (tertiary alicyclic amines) is 1. The number of hydrogen-bond donors (Lipinski definition) is 2. The minimum Gasteiger partial charge on any atom is -0.481 e. The van der Waals surface area contributed by atoms with Crippen molar-refractivity contribution in [1.29, 1.82) is 0 Å². The van der Waals surface area contributed by atoms with Crippen molar-refractivity contribution in [1.82, 2.24) is 10.2 Å². The van der Waals surface area contributed by atoms with Crippen LogP contribution in [0.5, 0.6) is 0 Å². The van der Waals surface area contributed by atoms with E-state index in [1.807, 2.05) is 0 Å². The molecule has 0 aliphatic carbocycles. The lowest BCUT2D eigenvalue weighted by molar-refractivity contribution is -0.137. The summed E-state index contributed by atoms with van der Waals surface area (Å²) in [4.78, 5) is 12.9. The van der Waals surface area contributed by atoms with E-state index in [0.29, 0.717) is 12.5 Å². The molecule has 1 saturated heterocycles. The summed E-state index contributed by atoms with van der Waals surface area (Å²) in [6, 6.07) is 0.606. The lowest BCUT2D eigenvalue weighted by Gasteiger charge is -2.32. The van der Waals surface area contributed by atoms with E-state index in [4.69, 9.17) is 5.11 Å². The van der Waals surface area contributed by atoms with Gasteiger partial charge in [-0.05, 0) is 52.2 Å². The van der Waals surface area contributed by atoms with Crippen LogP contribution in [0.3, 0.4) is 0 Å². The fourth-order valence-corrected chi connectivity index (χ4v) is 2.33. The number of aliphatic carboxylic acids is 1. The van der Waals surface area contributed by atoms with E-state index in [9.17, 15) is 4.79 Å². The van der Waals surface area contributed by atoms with Crippen LogP contribution in [0.25, 0.3) is 0 Å². The smallest absolute Gasteiger partial charge is 0.303 e. The third-order valence-electron chi connectivity index (χ3n) is 3.45. The van der Waals surface area contributed by atoms with Gasteiger partial charge in [-0.15, -0.1) is 0 Å². The monoisotopic (exact) mass is 242 g/mol. The minimum atomic E-state index is -0.688. The Bertz CT molecular complexity index is 215. The van der Waals surface area contributed by atoms with Gasteiger partial charge in [0, 0.05) is 19.0 Å². The second-order valence-electron chi connectivity index (χ2n) is 5.00.